The van der Waals surface area contributed by atoms with Crippen LogP contribution in [0.1, 0.15) is 24.1 Å². The third kappa shape index (κ3) is 1.61. The molecule has 12 heavy (non-hydrogen) atoms. The molecule has 0 unspecified atom stereocenters. The van der Waals surface area contributed by atoms with E-state index >= 15 is 0 Å². The van der Waals surface area contributed by atoms with Crippen molar-refractivity contribution in [3.63, 3.8) is 0 Å². The van der Waals surface area contributed by atoms with Crippen molar-refractivity contribution in [2.45, 2.75) is 19.9 Å². The van der Waals surface area contributed by atoms with Crippen LogP contribution in [-0.4, -0.2) is 0 Å². The average Bonchev–Trinajstić information content (AvgIpc) is 1.82. The summed E-state index contributed by atoms with van der Waals surface area (Å²) in [6.45, 7) is 3.19. The minimum absolute atomic E-state index is 0.0411. The highest BCUT2D eigenvalue weighted by Gasteiger charge is 2.12. The van der Waals surface area contributed by atoms with Gasteiger partial charge in [-0.2, -0.15) is 0 Å². The second kappa shape index (κ2) is 3.19. The monoisotopic (exact) mass is 171 g/mol. The molecule has 0 saturated carbocycles. The molecule has 2 N–H and O–H groups in total. The Labute approximate surface area is 70.2 Å². The highest BCUT2D eigenvalue weighted by Crippen LogP contribution is 2.19. The molecule has 66 valence electrons. The average molecular weight is 171 g/mol. The number of nitrogens with two attached hydrogens (primary N) is 1. The van der Waals surface area contributed by atoms with Crippen LogP contribution in [0.15, 0.2) is 12.1 Å². The van der Waals surface area contributed by atoms with E-state index in [1.54, 1.807) is 13.8 Å². The van der Waals surface area contributed by atoms with Crippen LogP contribution in [0.4, 0.5) is 8.78 Å². The number of aryl methyl sites for hydroxylation is 1. The van der Waals surface area contributed by atoms with Crippen LogP contribution in [-0.2, 0) is 0 Å². The van der Waals surface area contributed by atoms with Crippen LogP contribution in [0.2, 0.25) is 0 Å². The fourth-order valence-electron chi connectivity index (χ4n) is 1.15. The second-order valence-corrected chi connectivity index (χ2v) is 2.93. The number of halogens is 2. The van der Waals surface area contributed by atoms with Gasteiger partial charge in [0.1, 0.15) is 11.6 Å². The van der Waals surface area contributed by atoms with E-state index in [1.807, 2.05) is 0 Å². The number of rotatable bonds is 1. The van der Waals surface area contributed by atoms with Crippen molar-refractivity contribution < 1.29 is 8.78 Å². The molecule has 0 aromatic heterocycles. The minimum Gasteiger partial charge on any atom is -0.324 e. The Bertz CT molecular complexity index is 272. The van der Waals surface area contributed by atoms with Gasteiger partial charge >= 0.3 is 0 Å². The maximum absolute atomic E-state index is 13.0. The van der Waals surface area contributed by atoms with E-state index in [0.717, 1.165) is 0 Å². The fraction of sp³-hybridized carbons (Fsp3) is 0.333. The molecule has 0 fully saturated rings. The quantitative estimate of drug-likeness (QED) is 0.689. The first-order valence-corrected chi connectivity index (χ1v) is 3.73. The van der Waals surface area contributed by atoms with Crippen molar-refractivity contribution in [2.75, 3.05) is 0 Å². The molecule has 0 aliphatic carbocycles. The Kier molecular flexibility index (Phi) is 2.43. The van der Waals surface area contributed by atoms with Crippen molar-refractivity contribution in [1.82, 2.24) is 0 Å². The number of benzene rings is 1. The number of hydrogen-bond acceptors (Lipinski definition) is 1. The van der Waals surface area contributed by atoms with E-state index < -0.39 is 17.7 Å². The molecule has 1 nitrogen and oxygen atoms in total. The van der Waals surface area contributed by atoms with Crippen molar-refractivity contribution >= 4 is 0 Å². The SMILES string of the molecule is Cc1cc(F)c([C@@H](C)N)c(F)c1. The predicted molar refractivity (Wildman–Crippen MR) is 43.7 cm³/mol. The summed E-state index contributed by atoms with van der Waals surface area (Å²) in [5.41, 5.74) is 5.91. The predicted octanol–water partition coefficient (Wildman–Crippen LogP) is 2.29. The molecule has 1 aromatic carbocycles. The van der Waals surface area contributed by atoms with Gasteiger partial charge in [0.25, 0.3) is 0 Å². The zero-order valence-corrected chi connectivity index (χ0v) is 7.07. The van der Waals surface area contributed by atoms with Gasteiger partial charge in [0.05, 0.1) is 0 Å². The molecule has 0 bridgehead atoms. The standard InChI is InChI=1S/C9H11F2N/c1-5-3-7(10)9(6(2)12)8(11)4-5/h3-4,6H,12H2,1-2H3/t6-/m1/s1. The molecule has 1 atom stereocenters. The van der Waals surface area contributed by atoms with Gasteiger partial charge < -0.3 is 5.73 Å². The Morgan fingerprint density at radius 2 is 1.67 bits per heavy atom. The van der Waals surface area contributed by atoms with Crippen LogP contribution in [0.5, 0.6) is 0 Å². The van der Waals surface area contributed by atoms with E-state index in [-0.39, 0.29) is 5.56 Å². The van der Waals surface area contributed by atoms with Crippen LogP contribution >= 0.6 is 0 Å². The first-order chi connectivity index (χ1) is 5.52. The molecule has 1 rings (SSSR count). The minimum atomic E-state index is -0.606. The van der Waals surface area contributed by atoms with Gasteiger partial charge in [-0.1, -0.05) is 0 Å². The molecule has 0 aliphatic heterocycles. The molecule has 0 saturated heterocycles. The summed E-state index contributed by atoms with van der Waals surface area (Å²) in [5.74, 6) is -1.13. The molecule has 0 radical (unpaired) electrons. The van der Waals surface area contributed by atoms with Gasteiger partial charge in [-0.3, -0.25) is 0 Å². The van der Waals surface area contributed by atoms with Crippen molar-refractivity contribution in [3.8, 4) is 0 Å². The Morgan fingerprint density at radius 1 is 1.25 bits per heavy atom. The molecule has 0 spiro atoms. The Hall–Kier alpha value is -0.960. The molecule has 1 aromatic rings. The molecule has 0 heterocycles. The van der Waals surface area contributed by atoms with Gasteiger partial charge in [-0.25, -0.2) is 8.78 Å². The summed E-state index contributed by atoms with van der Waals surface area (Å²) in [6, 6.07) is 1.95. The zero-order chi connectivity index (χ0) is 9.30. The lowest BCUT2D eigenvalue weighted by molar-refractivity contribution is 0.535. The summed E-state index contributed by atoms with van der Waals surface area (Å²) < 4.78 is 26.1. The normalized spacial score (nSPS) is 13.1. The zero-order valence-electron chi connectivity index (χ0n) is 7.07. The summed E-state index contributed by atoms with van der Waals surface area (Å²) in [5, 5.41) is 0. The molecule has 0 amide bonds. The van der Waals surface area contributed by atoms with Gasteiger partial charge in [0, 0.05) is 11.6 Å². The van der Waals surface area contributed by atoms with Gasteiger partial charge in [0.15, 0.2) is 0 Å². The Morgan fingerprint density at radius 3 is 2.00 bits per heavy atom. The second-order valence-electron chi connectivity index (χ2n) is 2.93. The van der Waals surface area contributed by atoms with E-state index in [1.165, 1.54) is 12.1 Å². The third-order valence-electron chi connectivity index (χ3n) is 1.68. The maximum Gasteiger partial charge on any atom is 0.131 e. The third-order valence-corrected chi connectivity index (χ3v) is 1.68. The van der Waals surface area contributed by atoms with Crippen LogP contribution in [0.25, 0.3) is 0 Å². The molecule has 3 heteroatoms. The van der Waals surface area contributed by atoms with E-state index in [0.29, 0.717) is 5.56 Å². The van der Waals surface area contributed by atoms with Crippen LogP contribution in [0, 0.1) is 18.6 Å². The van der Waals surface area contributed by atoms with Crippen molar-refractivity contribution in [3.05, 3.63) is 34.9 Å². The van der Waals surface area contributed by atoms with Crippen molar-refractivity contribution in [1.29, 1.82) is 0 Å². The van der Waals surface area contributed by atoms with E-state index in [4.69, 9.17) is 5.73 Å². The highest BCUT2D eigenvalue weighted by atomic mass is 19.1. The van der Waals surface area contributed by atoms with Crippen LogP contribution < -0.4 is 5.73 Å². The summed E-state index contributed by atoms with van der Waals surface area (Å²) in [6.07, 6.45) is 0. The van der Waals surface area contributed by atoms with Crippen molar-refractivity contribution in [2.24, 2.45) is 5.73 Å². The lowest BCUT2D eigenvalue weighted by Crippen LogP contribution is -2.10. The summed E-state index contributed by atoms with van der Waals surface area (Å²) >= 11 is 0. The molecule has 0 aliphatic rings. The Balaban J connectivity index is 3.28. The summed E-state index contributed by atoms with van der Waals surface area (Å²) in [7, 11) is 0. The van der Waals surface area contributed by atoms with E-state index in [2.05, 4.69) is 0 Å². The topological polar surface area (TPSA) is 26.0 Å². The maximum atomic E-state index is 13.0. The lowest BCUT2D eigenvalue weighted by atomic mass is 10.1. The number of hydrogen-bond donors (Lipinski definition) is 1. The summed E-state index contributed by atoms with van der Waals surface area (Å²) in [4.78, 5) is 0. The molecular weight excluding hydrogens is 160 g/mol. The van der Waals surface area contributed by atoms with Crippen LogP contribution in [0.3, 0.4) is 0 Å². The first-order valence-electron chi connectivity index (χ1n) is 3.73. The fourth-order valence-corrected chi connectivity index (χ4v) is 1.15. The van der Waals surface area contributed by atoms with Gasteiger partial charge in [-0.15, -0.1) is 0 Å². The van der Waals surface area contributed by atoms with Gasteiger partial charge in [0.2, 0.25) is 0 Å². The lowest BCUT2D eigenvalue weighted by Gasteiger charge is -2.08. The largest absolute Gasteiger partial charge is 0.324 e. The smallest absolute Gasteiger partial charge is 0.131 e. The first kappa shape index (κ1) is 9.13. The highest BCUT2D eigenvalue weighted by molar-refractivity contribution is 5.27. The molecular formula is C9H11F2N. The van der Waals surface area contributed by atoms with E-state index in [9.17, 15) is 8.78 Å². The van der Waals surface area contributed by atoms with Gasteiger partial charge in [-0.05, 0) is 31.5 Å².